The zero-order valence-corrected chi connectivity index (χ0v) is 17.4. The molecule has 0 spiro atoms. The van der Waals surface area contributed by atoms with Gasteiger partial charge in [0.15, 0.2) is 0 Å². The molecule has 0 bridgehead atoms. The number of amides is 2. The number of carbonyl (C=O) groups excluding carboxylic acids is 2. The maximum atomic E-state index is 12.4. The molecular formula is C22H33N3O3. The summed E-state index contributed by atoms with van der Waals surface area (Å²) >= 11 is 0. The summed E-state index contributed by atoms with van der Waals surface area (Å²) in [6.45, 7) is 7.61. The number of hydrogen-bond acceptors (Lipinski definition) is 4. The molecule has 1 saturated heterocycles. The number of fused-ring (bicyclic) bond motifs is 1. The number of nitrogens with zero attached hydrogens (tertiary/aromatic N) is 2. The maximum Gasteiger partial charge on any atom is 0.227 e. The first-order chi connectivity index (χ1) is 13.5. The molecule has 1 N–H and O–H groups in total. The smallest absolute Gasteiger partial charge is 0.227 e. The van der Waals surface area contributed by atoms with Crippen LogP contribution in [-0.4, -0.2) is 56.0 Å². The zero-order valence-electron chi connectivity index (χ0n) is 17.4. The highest BCUT2D eigenvalue weighted by atomic mass is 16.5. The lowest BCUT2D eigenvalue weighted by Crippen LogP contribution is -2.46. The van der Waals surface area contributed by atoms with Gasteiger partial charge in [0.2, 0.25) is 11.8 Å². The van der Waals surface area contributed by atoms with Gasteiger partial charge in [0.1, 0.15) is 5.75 Å². The van der Waals surface area contributed by atoms with Gasteiger partial charge < -0.3 is 19.9 Å². The molecule has 0 aromatic heterocycles. The molecule has 1 fully saturated rings. The van der Waals surface area contributed by atoms with Crippen molar-refractivity contribution in [2.45, 2.75) is 52.0 Å². The highest BCUT2D eigenvalue weighted by Gasteiger charge is 2.25. The van der Waals surface area contributed by atoms with Crippen molar-refractivity contribution >= 4 is 17.5 Å². The van der Waals surface area contributed by atoms with E-state index in [2.05, 4.69) is 10.2 Å². The SMILES string of the molecule is COc1ccc2c(c1)CCC(=O)N2CCCN1CCC(NC(=O)C(C)C)CC1. The van der Waals surface area contributed by atoms with E-state index in [4.69, 9.17) is 4.74 Å². The normalized spacial score (nSPS) is 18.3. The van der Waals surface area contributed by atoms with Crippen LogP contribution in [-0.2, 0) is 16.0 Å². The van der Waals surface area contributed by atoms with Crippen molar-refractivity contribution in [2.75, 3.05) is 38.2 Å². The first-order valence-corrected chi connectivity index (χ1v) is 10.5. The van der Waals surface area contributed by atoms with E-state index in [0.717, 1.165) is 63.3 Å². The second-order valence-corrected chi connectivity index (χ2v) is 8.17. The first kappa shape index (κ1) is 20.6. The molecular weight excluding hydrogens is 354 g/mol. The molecule has 0 unspecified atom stereocenters. The number of aryl methyl sites for hydroxylation is 1. The van der Waals surface area contributed by atoms with E-state index in [1.807, 2.05) is 36.9 Å². The molecule has 3 rings (SSSR count). The summed E-state index contributed by atoms with van der Waals surface area (Å²) in [5, 5.41) is 3.14. The van der Waals surface area contributed by atoms with Crippen molar-refractivity contribution in [3.63, 3.8) is 0 Å². The number of hydrogen-bond donors (Lipinski definition) is 1. The van der Waals surface area contributed by atoms with Gasteiger partial charge in [-0.15, -0.1) is 0 Å². The first-order valence-electron chi connectivity index (χ1n) is 10.5. The Balaban J connectivity index is 1.46. The number of rotatable bonds is 7. The summed E-state index contributed by atoms with van der Waals surface area (Å²) in [6, 6.07) is 6.29. The summed E-state index contributed by atoms with van der Waals surface area (Å²) in [6.07, 6.45) is 4.33. The number of anilines is 1. The summed E-state index contributed by atoms with van der Waals surface area (Å²) in [5.41, 5.74) is 2.23. The largest absolute Gasteiger partial charge is 0.497 e. The molecule has 0 saturated carbocycles. The third-order valence-electron chi connectivity index (χ3n) is 5.80. The van der Waals surface area contributed by atoms with E-state index in [1.54, 1.807) is 7.11 Å². The van der Waals surface area contributed by atoms with Crippen molar-refractivity contribution in [3.8, 4) is 5.75 Å². The van der Waals surface area contributed by atoms with Crippen LogP contribution >= 0.6 is 0 Å². The molecule has 28 heavy (non-hydrogen) atoms. The van der Waals surface area contributed by atoms with Crippen LogP contribution in [0.15, 0.2) is 18.2 Å². The van der Waals surface area contributed by atoms with Crippen LogP contribution in [0.2, 0.25) is 0 Å². The summed E-state index contributed by atoms with van der Waals surface area (Å²) in [5.74, 6) is 1.26. The quantitative estimate of drug-likeness (QED) is 0.781. The van der Waals surface area contributed by atoms with E-state index >= 15 is 0 Å². The molecule has 0 radical (unpaired) electrons. The fraction of sp³-hybridized carbons (Fsp3) is 0.636. The van der Waals surface area contributed by atoms with Gasteiger partial charge in [-0.25, -0.2) is 0 Å². The van der Waals surface area contributed by atoms with Gasteiger partial charge in [0.25, 0.3) is 0 Å². The minimum atomic E-state index is 0.0444. The number of ether oxygens (including phenoxy) is 1. The number of likely N-dealkylation sites (tertiary alicyclic amines) is 1. The second kappa shape index (κ2) is 9.41. The summed E-state index contributed by atoms with van der Waals surface area (Å²) in [7, 11) is 1.67. The Morgan fingerprint density at radius 3 is 2.64 bits per heavy atom. The van der Waals surface area contributed by atoms with Crippen LogP contribution in [0.1, 0.15) is 45.1 Å². The average molecular weight is 388 g/mol. The third-order valence-corrected chi connectivity index (χ3v) is 5.80. The predicted octanol–water partition coefficient (Wildman–Crippen LogP) is 2.60. The number of methoxy groups -OCH3 is 1. The fourth-order valence-corrected chi connectivity index (χ4v) is 4.03. The van der Waals surface area contributed by atoms with E-state index in [0.29, 0.717) is 12.5 Å². The van der Waals surface area contributed by atoms with Gasteiger partial charge >= 0.3 is 0 Å². The van der Waals surface area contributed by atoms with E-state index in [-0.39, 0.29) is 17.7 Å². The molecule has 1 aromatic carbocycles. The molecule has 2 aliphatic rings. The molecule has 0 aliphatic carbocycles. The summed E-state index contributed by atoms with van der Waals surface area (Å²) in [4.78, 5) is 28.7. The average Bonchev–Trinajstić information content (AvgIpc) is 2.70. The van der Waals surface area contributed by atoms with Gasteiger partial charge in [-0.1, -0.05) is 13.8 Å². The number of carbonyl (C=O) groups is 2. The standard InChI is InChI=1S/C22H33N3O3/c1-16(2)22(27)23-18-9-13-24(14-10-18)11-4-12-25-20-7-6-19(28-3)15-17(20)5-8-21(25)26/h6-7,15-16,18H,4-5,8-14H2,1-3H3,(H,23,27). The molecule has 2 heterocycles. The van der Waals surface area contributed by atoms with Crippen molar-refractivity contribution in [3.05, 3.63) is 23.8 Å². The zero-order chi connectivity index (χ0) is 20.1. The van der Waals surface area contributed by atoms with Gasteiger partial charge in [-0.3, -0.25) is 9.59 Å². The molecule has 2 amide bonds. The highest BCUT2D eigenvalue weighted by Crippen LogP contribution is 2.31. The monoisotopic (exact) mass is 387 g/mol. The van der Waals surface area contributed by atoms with Crippen molar-refractivity contribution in [1.29, 1.82) is 0 Å². The highest BCUT2D eigenvalue weighted by molar-refractivity contribution is 5.96. The van der Waals surface area contributed by atoms with Crippen LogP contribution in [0.5, 0.6) is 5.75 Å². The molecule has 6 nitrogen and oxygen atoms in total. The van der Waals surface area contributed by atoms with E-state index in [9.17, 15) is 9.59 Å². The van der Waals surface area contributed by atoms with Gasteiger partial charge in [0.05, 0.1) is 7.11 Å². The topological polar surface area (TPSA) is 61.9 Å². The maximum absolute atomic E-state index is 12.4. The Bertz CT molecular complexity index is 696. The van der Waals surface area contributed by atoms with Gasteiger partial charge in [-0.05, 0) is 56.0 Å². The Kier molecular flexibility index (Phi) is 6.94. The Morgan fingerprint density at radius 2 is 1.96 bits per heavy atom. The van der Waals surface area contributed by atoms with Crippen LogP contribution in [0.25, 0.3) is 0 Å². The van der Waals surface area contributed by atoms with Crippen molar-refractivity contribution in [1.82, 2.24) is 10.2 Å². The lowest BCUT2D eigenvalue weighted by molar-refractivity contribution is -0.125. The van der Waals surface area contributed by atoms with Gasteiger partial charge in [-0.2, -0.15) is 0 Å². The van der Waals surface area contributed by atoms with E-state index < -0.39 is 0 Å². The molecule has 1 aromatic rings. The van der Waals surface area contributed by atoms with Gasteiger partial charge in [0, 0.05) is 43.7 Å². The van der Waals surface area contributed by atoms with Crippen molar-refractivity contribution < 1.29 is 14.3 Å². The Labute approximate surface area is 168 Å². The predicted molar refractivity (Wildman–Crippen MR) is 111 cm³/mol. The number of piperidine rings is 1. The summed E-state index contributed by atoms with van der Waals surface area (Å²) < 4.78 is 5.31. The van der Waals surface area contributed by atoms with Crippen LogP contribution < -0.4 is 15.0 Å². The lowest BCUT2D eigenvalue weighted by atomic mass is 10.0. The van der Waals surface area contributed by atoms with Crippen LogP contribution in [0.4, 0.5) is 5.69 Å². The van der Waals surface area contributed by atoms with Crippen molar-refractivity contribution in [2.24, 2.45) is 5.92 Å². The second-order valence-electron chi connectivity index (χ2n) is 8.17. The number of benzene rings is 1. The van der Waals surface area contributed by atoms with E-state index in [1.165, 1.54) is 5.56 Å². The number of nitrogens with one attached hydrogen (secondary N) is 1. The van der Waals surface area contributed by atoms with Crippen LogP contribution in [0, 0.1) is 5.92 Å². The molecule has 154 valence electrons. The Morgan fingerprint density at radius 1 is 1.21 bits per heavy atom. The Hall–Kier alpha value is -2.08. The molecule has 2 aliphatic heterocycles. The lowest BCUT2D eigenvalue weighted by Gasteiger charge is -2.34. The minimum absolute atomic E-state index is 0.0444. The molecule has 6 heteroatoms. The minimum Gasteiger partial charge on any atom is -0.497 e. The molecule has 0 atom stereocenters. The third kappa shape index (κ3) is 5.04. The van der Waals surface area contributed by atoms with Crippen LogP contribution in [0.3, 0.4) is 0 Å². The fourth-order valence-electron chi connectivity index (χ4n) is 4.03.